The first-order chi connectivity index (χ1) is 12.0. The van der Waals surface area contributed by atoms with E-state index in [-0.39, 0.29) is 5.91 Å². The van der Waals surface area contributed by atoms with Gasteiger partial charge in [-0.3, -0.25) is 9.69 Å². The molecule has 0 saturated carbocycles. The van der Waals surface area contributed by atoms with Gasteiger partial charge in [0, 0.05) is 44.5 Å². The number of amides is 1. The van der Waals surface area contributed by atoms with Crippen molar-refractivity contribution in [2.24, 2.45) is 0 Å². The molecule has 2 heterocycles. The van der Waals surface area contributed by atoms with E-state index in [9.17, 15) is 4.79 Å². The molecule has 1 aromatic rings. The molecule has 0 aromatic heterocycles. The Balaban J connectivity index is 1.47. The smallest absolute Gasteiger partial charge is 0.241 e. The highest BCUT2D eigenvalue weighted by Crippen LogP contribution is 2.20. The number of carbonyl (C=O) groups excluding carboxylic acids is 1. The molecule has 2 fully saturated rings. The molecule has 5 nitrogen and oxygen atoms in total. The van der Waals surface area contributed by atoms with Crippen molar-refractivity contribution in [1.29, 1.82) is 0 Å². The maximum absolute atomic E-state index is 12.6. The van der Waals surface area contributed by atoms with Crippen molar-refractivity contribution in [2.75, 3.05) is 58.2 Å². The number of anilines is 1. The van der Waals surface area contributed by atoms with Crippen molar-refractivity contribution in [3.8, 4) is 0 Å². The van der Waals surface area contributed by atoms with Crippen LogP contribution in [0.2, 0.25) is 0 Å². The molecule has 138 valence electrons. The highest BCUT2D eigenvalue weighted by molar-refractivity contribution is 5.81. The number of hydrogen-bond acceptors (Lipinski definition) is 4. The predicted molar refractivity (Wildman–Crippen MR) is 103 cm³/mol. The summed E-state index contributed by atoms with van der Waals surface area (Å²) in [7, 11) is 2.21. The SMILES string of the molecule is Cc1cccc(C)c1NCC(=O)N1CCN([C@H]2CCCN(C)C2)CC1. The zero-order valence-electron chi connectivity index (χ0n) is 15.9. The van der Waals surface area contributed by atoms with Crippen molar-refractivity contribution in [3.05, 3.63) is 29.3 Å². The molecule has 1 atom stereocenters. The van der Waals surface area contributed by atoms with Gasteiger partial charge < -0.3 is 15.1 Å². The molecule has 0 bridgehead atoms. The third kappa shape index (κ3) is 4.53. The van der Waals surface area contributed by atoms with E-state index < -0.39 is 0 Å². The van der Waals surface area contributed by atoms with Crippen LogP contribution < -0.4 is 5.32 Å². The zero-order chi connectivity index (χ0) is 17.8. The van der Waals surface area contributed by atoms with Gasteiger partial charge in [0.05, 0.1) is 6.54 Å². The van der Waals surface area contributed by atoms with Crippen molar-refractivity contribution in [2.45, 2.75) is 32.7 Å². The fourth-order valence-electron chi connectivity index (χ4n) is 4.14. The standard InChI is InChI=1S/C20H32N4O/c1-16-6-4-7-17(2)20(16)21-14-19(25)24-12-10-23(11-13-24)18-8-5-9-22(3)15-18/h4,6-7,18,21H,5,8-15H2,1-3H3/t18-/m0/s1. The van der Waals surface area contributed by atoms with E-state index in [1.165, 1.54) is 37.1 Å². The lowest BCUT2D eigenvalue weighted by molar-refractivity contribution is -0.131. The number of rotatable bonds is 4. The Kier molecular flexibility index (Phi) is 5.97. The number of aryl methyl sites for hydroxylation is 2. The third-order valence-corrected chi connectivity index (χ3v) is 5.68. The maximum atomic E-state index is 12.6. The van der Waals surface area contributed by atoms with E-state index in [1.807, 2.05) is 4.90 Å². The third-order valence-electron chi connectivity index (χ3n) is 5.68. The van der Waals surface area contributed by atoms with Crippen LogP contribution in [0.5, 0.6) is 0 Å². The van der Waals surface area contributed by atoms with Gasteiger partial charge in [-0.1, -0.05) is 18.2 Å². The molecule has 3 rings (SSSR count). The second kappa shape index (κ2) is 8.19. The van der Waals surface area contributed by atoms with Gasteiger partial charge in [0.15, 0.2) is 0 Å². The Morgan fingerprint density at radius 3 is 2.44 bits per heavy atom. The number of likely N-dealkylation sites (N-methyl/N-ethyl adjacent to an activating group) is 1. The number of carbonyl (C=O) groups is 1. The predicted octanol–water partition coefficient (Wildman–Crippen LogP) is 1.95. The van der Waals surface area contributed by atoms with Crippen LogP contribution in [-0.4, -0.2) is 79.5 Å². The van der Waals surface area contributed by atoms with Gasteiger partial charge in [-0.15, -0.1) is 0 Å². The van der Waals surface area contributed by atoms with Crippen LogP contribution in [0.1, 0.15) is 24.0 Å². The number of hydrogen-bond donors (Lipinski definition) is 1. The fourth-order valence-corrected chi connectivity index (χ4v) is 4.14. The highest BCUT2D eigenvalue weighted by atomic mass is 16.2. The average Bonchev–Trinajstić information content (AvgIpc) is 2.61. The first kappa shape index (κ1) is 18.2. The first-order valence-corrected chi connectivity index (χ1v) is 9.55. The number of nitrogens with one attached hydrogen (secondary N) is 1. The number of nitrogens with zero attached hydrogens (tertiary/aromatic N) is 3. The molecule has 2 aliphatic heterocycles. The number of piperidine rings is 1. The van der Waals surface area contributed by atoms with Crippen LogP contribution in [0.3, 0.4) is 0 Å². The van der Waals surface area contributed by atoms with E-state index in [2.05, 4.69) is 54.2 Å². The Morgan fingerprint density at radius 1 is 1.12 bits per heavy atom. The second-order valence-electron chi connectivity index (χ2n) is 7.60. The van der Waals surface area contributed by atoms with E-state index in [1.54, 1.807) is 0 Å². The van der Waals surface area contributed by atoms with Crippen molar-refractivity contribution in [1.82, 2.24) is 14.7 Å². The van der Waals surface area contributed by atoms with Crippen LogP contribution in [-0.2, 0) is 4.79 Å². The van der Waals surface area contributed by atoms with Crippen molar-refractivity contribution < 1.29 is 4.79 Å². The molecular formula is C20H32N4O. The summed E-state index contributed by atoms with van der Waals surface area (Å²) in [5.74, 6) is 0.211. The summed E-state index contributed by atoms with van der Waals surface area (Å²) < 4.78 is 0. The van der Waals surface area contributed by atoms with Crippen molar-refractivity contribution >= 4 is 11.6 Å². The molecule has 0 spiro atoms. The molecule has 0 radical (unpaired) electrons. The Morgan fingerprint density at radius 2 is 1.80 bits per heavy atom. The molecule has 2 aliphatic rings. The Bertz CT molecular complexity index is 575. The van der Waals surface area contributed by atoms with Gasteiger partial charge in [-0.2, -0.15) is 0 Å². The summed E-state index contributed by atoms with van der Waals surface area (Å²) in [6.07, 6.45) is 2.59. The number of piperazine rings is 1. The Hall–Kier alpha value is -1.59. The summed E-state index contributed by atoms with van der Waals surface area (Å²) >= 11 is 0. The summed E-state index contributed by atoms with van der Waals surface area (Å²) in [5.41, 5.74) is 3.48. The molecule has 2 saturated heterocycles. The zero-order valence-corrected chi connectivity index (χ0v) is 15.9. The minimum absolute atomic E-state index is 0.211. The lowest BCUT2D eigenvalue weighted by Crippen LogP contribution is -2.56. The molecule has 0 aliphatic carbocycles. The number of likely N-dealkylation sites (tertiary alicyclic amines) is 1. The van der Waals surface area contributed by atoms with Crippen LogP contribution in [0.4, 0.5) is 5.69 Å². The van der Waals surface area contributed by atoms with E-state index in [0.717, 1.165) is 31.9 Å². The molecule has 0 unspecified atom stereocenters. The van der Waals surface area contributed by atoms with E-state index in [0.29, 0.717) is 12.6 Å². The van der Waals surface area contributed by atoms with Crippen LogP contribution in [0.25, 0.3) is 0 Å². The quantitative estimate of drug-likeness (QED) is 0.906. The number of benzene rings is 1. The van der Waals surface area contributed by atoms with Crippen molar-refractivity contribution in [3.63, 3.8) is 0 Å². The topological polar surface area (TPSA) is 38.8 Å². The van der Waals surface area contributed by atoms with E-state index >= 15 is 0 Å². The van der Waals surface area contributed by atoms with Gasteiger partial charge in [0.1, 0.15) is 0 Å². The van der Waals surface area contributed by atoms with Gasteiger partial charge in [-0.25, -0.2) is 0 Å². The molecular weight excluding hydrogens is 312 g/mol. The monoisotopic (exact) mass is 344 g/mol. The molecule has 1 aromatic carbocycles. The molecule has 25 heavy (non-hydrogen) atoms. The number of para-hydroxylation sites is 1. The highest BCUT2D eigenvalue weighted by Gasteiger charge is 2.28. The first-order valence-electron chi connectivity index (χ1n) is 9.55. The maximum Gasteiger partial charge on any atom is 0.241 e. The summed E-state index contributed by atoms with van der Waals surface area (Å²) in [5, 5.41) is 3.35. The van der Waals surface area contributed by atoms with Gasteiger partial charge in [-0.05, 0) is 51.4 Å². The summed E-state index contributed by atoms with van der Waals surface area (Å²) in [4.78, 5) is 19.6. The van der Waals surface area contributed by atoms with Crippen LogP contribution in [0.15, 0.2) is 18.2 Å². The Labute approximate surface area is 152 Å². The second-order valence-corrected chi connectivity index (χ2v) is 7.60. The normalized spacial score (nSPS) is 22.8. The largest absolute Gasteiger partial charge is 0.376 e. The van der Waals surface area contributed by atoms with Gasteiger partial charge in [0.25, 0.3) is 0 Å². The summed E-state index contributed by atoms with van der Waals surface area (Å²) in [6.45, 7) is 10.7. The molecule has 5 heteroatoms. The van der Waals surface area contributed by atoms with Gasteiger partial charge >= 0.3 is 0 Å². The minimum Gasteiger partial charge on any atom is -0.376 e. The molecule has 1 N–H and O–H groups in total. The fraction of sp³-hybridized carbons (Fsp3) is 0.650. The summed E-state index contributed by atoms with van der Waals surface area (Å²) in [6, 6.07) is 6.89. The van der Waals surface area contributed by atoms with E-state index in [4.69, 9.17) is 0 Å². The van der Waals surface area contributed by atoms with Crippen LogP contribution >= 0.6 is 0 Å². The lowest BCUT2D eigenvalue weighted by Gasteiger charge is -2.42. The van der Waals surface area contributed by atoms with Crippen LogP contribution in [0, 0.1) is 13.8 Å². The molecule has 1 amide bonds. The van der Waals surface area contributed by atoms with Gasteiger partial charge in [0.2, 0.25) is 5.91 Å². The average molecular weight is 345 g/mol. The minimum atomic E-state index is 0.211. The lowest BCUT2D eigenvalue weighted by atomic mass is 10.0.